The molecule has 2 fully saturated rings. The Morgan fingerprint density at radius 1 is 1.09 bits per heavy atom. The van der Waals surface area contributed by atoms with E-state index in [9.17, 15) is 40.9 Å². The molecule has 0 radical (unpaired) electrons. The number of aliphatic imine (C=N–C) groups is 1. The van der Waals surface area contributed by atoms with Crippen LogP contribution in [0.3, 0.4) is 0 Å². The van der Waals surface area contributed by atoms with Crippen molar-refractivity contribution in [2.24, 2.45) is 4.99 Å². The number of ether oxygens (including phenoxy) is 2. The highest BCUT2D eigenvalue weighted by atomic mass is 16.7. The van der Waals surface area contributed by atoms with Gasteiger partial charge in [0.05, 0.1) is 25.7 Å². The Morgan fingerprint density at radius 2 is 1.76 bits per heavy atom. The van der Waals surface area contributed by atoms with E-state index in [4.69, 9.17) is 9.47 Å². The summed E-state index contributed by atoms with van der Waals surface area (Å²) in [4.78, 5) is 5.65. The molecular formula is C21H33N3O10. The monoisotopic (exact) mass is 487 g/mol. The molecule has 0 bridgehead atoms. The average molecular weight is 488 g/mol. The molecule has 2 aliphatic rings. The fraction of sp³-hybridized carbons (Fsp3) is 0.667. The third-order valence-electron chi connectivity index (χ3n) is 6.07. The lowest BCUT2D eigenvalue weighted by Gasteiger charge is -2.48. The summed E-state index contributed by atoms with van der Waals surface area (Å²) in [5, 5.41) is 84.0. The first-order valence-corrected chi connectivity index (χ1v) is 10.8. The minimum atomic E-state index is -2.71. The molecule has 13 heteroatoms. The molecule has 0 saturated carbocycles. The predicted octanol–water partition coefficient (Wildman–Crippen LogP) is -4.33. The maximum atomic E-state index is 10.4. The molecule has 0 spiro atoms. The van der Waals surface area contributed by atoms with E-state index in [-0.39, 0.29) is 19.0 Å². The van der Waals surface area contributed by atoms with Gasteiger partial charge in [0.2, 0.25) is 5.79 Å². The number of piperidine rings is 1. The average Bonchev–Trinajstić information content (AvgIpc) is 2.83. The molecule has 1 aromatic rings. The second-order valence-electron chi connectivity index (χ2n) is 8.45. The first kappa shape index (κ1) is 26.7. The van der Waals surface area contributed by atoms with Crippen molar-refractivity contribution in [2.45, 2.75) is 61.3 Å². The van der Waals surface area contributed by atoms with Gasteiger partial charge in [0.25, 0.3) is 0 Å². The van der Waals surface area contributed by atoms with Crippen LogP contribution in [0.5, 0.6) is 0 Å². The summed E-state index contributed by atoms with van der Waals surface area (Å²) in [6.45, 7) is -1.28. The van der Waals surface area contributed by atoms with Crippen LogP contribution in [0.4, 0.5) is 0 Å². The molecule has 2 heterocycles. The van der Waals surface area contributed by atoms with Gasteiger partial charge >= 0.3 is 0 Å². The van der Waals surface area contributed by atoms with Crippen LogP contribution in [0.25, 0.3) is 0 Å². The maximum Gasteiger partial charge on any atom is 0.210 e. The van der Waals surface area contributed by atoms with Crippen LogP contribution >= 0.6 is 0 Å². The molecule has 9 N–H and O–H groups in total. The van der Waals surface area contributed by atoms with Crippen LogP contribution in [0.1, 0.15) is 5.56 Å². The summed E-state index contributed by atoms with van der Waals surface area (Å²) in [6.07, 6.45) is -10.4. The van der Waals surface area contributed by atoms with Gasteiger partial charge in [-0.25, -0.2) is 4.99 Å². The molecule has 2 aliphatic heterocycles. The number of likely N-dealkylation sites (tertiary alicyclic amines) is 1. The van der Waals surface area contributed by atoms with Crippen molar-refractivity contribution in [1.82, 2.24) is 10.2 Å². The summed E-state index contributed by atoms with van der Waals surface area (Å²) in [5.41, 5.74) is 0.811. The van der Waals surface area contributed by atoms with Gasteiger partial charge in [0.1, 0.15) is 36.6 Å². The maximum absolute atomic E-state index is 10.4. The van der Waals surface area contributed by atoms with Crippen LogP contribution in [-0.2, 0) is 16.0 Å². The second-order valence-corrected chi connectivity index (χ2v) is 8.45. The Hall–Kier alpha value is -1.91. The summed E-state index contributed by atoms with van der Waals surface area (Å²) < 4.78 is 10.5. The highest BCUT2D eigenvalue weighted by molar-refractivity contribution is 5.80. The van der Waals surface area contributed by atoms with Gasteiger partial charge in [-0.05, 0) is 5.56 Å². The van der Waals surface area contributed by atoms with Gasteiger partial charge in [-0.3, -0.25) is 0 Å². The molecule has 2 saturated heterocycles. The van der Waals surface area contributed by atoms with Gasteiger partial charge in [0.15, 0.2) is 12.2 Å². The number of hydrogen-bond donors (Lipinski definition) is 9. The molecule has 0 aromatic heterocycles. The zero-order valence-electron chi connectivity index (χ0n) is 18.6. The van der Waals surface area contributed by atoms with E-state index < -0.39 is 67.9 Å². The Kier molecular flexibility index (Phi) is 8.81. The van der Waals surface area contributed by atoms with E-state index in [0.29, 0.717) is 0 Å². The second kappa shape index (κ2) is 11.2. The normalized spacial score (nSPS) is 36.4. The SMILES string of the molecule is CO[C@@H]1O[C@H](CNC(=NCc2ccccc2)N2CC(O)(O)[C@@H](O)[C@H](O)[C@@H]2CO)[C@@H](O)[C@H](O)[C@H]1O. The van der Waals surface area contributed by atoms with Gasteiger partial charge in [-0.2, -0.15) is 0 Å². The molecule has 0 aliphatic carbocycles. The van der Waals surface area contributed by atoms with Crippen molar-refractivity contribution < 1.29 is 50.3 Å². The van der Waals surface area contributed by atoms with Crippen LogP contribution < -0.4 is 5.32 Å². The lowest BCUT2D eigenvalue weighted by molar-refractivity contribution is -0.288. The minimum absolute atomic E-state index is 0.00621. The first-order valence-electron chi connectivity index (χ1n) is 10.8. The van der Waals surface area contributed by atoms with Crippen molar-refractivity contribution in [1.29, 1.82) is 0 Å². The van der Waals surface area contributed by atoms with Crippen LogP contribution in [0, 0.1) is 0 Å². The highest BCUT2D eigenvalue weighted by Crippen LogP contribution is 2.26. The highest BCUT2D eigenvalue weighted by Gasteiger charge is 2.51. The quantitative estimate of drug-likeness (QED) is 0.106. The molecule has 3 rings (SSSR count). The molecule has 0 unspecified atom stereocenters. The molecule has 0 amide bonds. The summed E-state index contributed by atoms with van der Waals surface area (Å²) in [7, 11) is 1.27. The van der Waals surface area contributed by atoms with Crippen LogP contribution in [0.2, 0.25) is 0 Å². The van der Waals surface area contributed by atoms with E-state index in [1.165, 1.54) is 12.0 Å². The zero-order chi connectivity index (χ0) is 25.0. The summed E-state index contributed by atoms with van der Waals surface area (Å²) in [5.74, 6) is -2.70. The molecule has 8 atom stereocenters. The van der Waals surface area contributed by atoms with E-state index in [0.717, 1.165) is 5.56 Å². The van der Waals surface area contributed by atoms with Crippen molar-refractivity contribution >= 4 is 5.96 Å². The third-order valence-corrected chi connectivity index (χ3v) is 6.07. The first-order chi connectivity index (χ1) is 16.1. The Labute approximate surface area is 196 Å². The number of nitrogens with zero attached hydrogens (tertiary/aromatic N) is 2. The molecule has 34 heavy (non-hydrogen) atoms. The standard InChI is InChI=1S/C21H33N3O10/c1-33-19-17(29)16(28)15(27)13(34-19)8-23-20(22-7-11-5-3-2-4-6-11)24-10-21(31,32)18(30)14(26)12(24)9-25/h2-6,12-19,25-32H,7-10H2,1H3,(H,22,23)/t12-,13+,14+,15+,16-,17+,18-,19+/m0/s1. The lowest BCUT2D eigenvalue weighted by Crippen LogP contribution is -2.71. The van der Waals surface area contributed by atoms with Crippen molar-refractivity contribution in [3.8, 4) is 0 Å². The Morgan fingerprint density at radius 3 is 2.38 bits per heavy atom. The third kappa shape index (κ3) is 5.66. The van der Waals surface area contributed by atoms with E-state index in [1.54, 1.807) is 0 Å². The number of aliphatic hydroxyl groups excluding tert-OH is 6. The number of β-amino-alcohol motifs (C(OH)–C–C–N with tert-alkyl or cyclic N) is 2. The van der Waals surface area contributed by atoms with E-state index in [1.807, 2.05) is 30.3 Å². The Bertz CT molecular complexity index is 811. The van der Waals surface area contributed by atoms with Gasteiger partial charge < -0.3 is 60.5 Å². The topological polar surface area (TPSA) is 208 Å². The number of rotatable bonds is 6. The molecule has 13 nitrogen and oxygen atoms in total. The molecule has 192 valence electrons. The Balaban J connectivity index is 1.85. The number of nitrogens with one attached hydrogen (secondary N) is 1. The number of methoxy groups -OCH3 is 1. The molecule has 1 aromatic carbocycles. The largest absolute Gasteiger partial charge is 0.394 e. The fourth-order valence-electron chi connectivity index (χ4n) is 4.04. The summed E-state index contributed by atoms with van der Waals surface area (Å²) >= 11 is 0. The molecular weight excluding hydrogens is 454 g/mol. The van der Waals surface area contributed by atoms with Gasteiger partial charge in [0, 0.05) is 13.7 Å². The van der Waals surface area contributed by atoms with E-state index in [2.05, 4.69) is 10.3 Å². The minimum Gasteiger partial charge on any atom is -0.394 e. The number of guanidine groups is 1. The van der Waals surface area contributed by atoms with Crippen LogP contribution in [-0.4, -0.2) is 133 Å². The smallest absolute Gasteiger partial charge is 0.210 e. The van der Waals surface area contributed by atoms with Crippen molar-refractivity contribution in [3.63, 3.8) is 0 Å². The zero-order valence-corrected chi connectivity index (χ0v) is 18.6. The van der Waals surface area contributed by atoms with E-state index >= 15 is 0 Å². The van der Waals surface area contributed by atoms with Crippen molar-refractivity contribution in [3.05, 3.63) is 35.9 Å². The van der Waals surface area contributed by atoms with Gasteiger partial charge in [-0.1, -0.05) is 30.3 Å². The summed E-state index contributed by atoms with van der Waals surface area (Å²) in [6, 6.07) is 7.95. The fourth-order valence-corrected chi connectivity index (χ4v) is 4.04. The predicted molar refractivity (Wildman–Crippen MR) is 116 cm³/mol. The van der Waals surface area contributed by atoms with Crippen LogP contribution in [0.15, 0.2) is 35.3 Å². The number of aliphatic hydroxyl groups is 8. The van der Waals surface area contributed by atoms with Crippen molar-refractivity contribution in [2.75, 3.05) is 26.8 Å². The van der Waals surface area contributed by atoms with Gasteiger partial charge in [-0.15, -0.1) is 0 Å². The number of benzene rings is 1. The number of hydrogen-bond acceptors (Lipinski definition) is 11. The lowest BCUT2D eigenvalue weighted by atomic mass is 9.92.